The molecule has 0 saturated heterocycles. The van der Waals surface area contributed by atoms with Crippen molar-refractivity contribution in [3.63, 3.8) is 0 Å². The van der Waals surface area contributed by atoms with Crippen LogP contribution in [0.3, 0.4) is 0 Å². The summed E-state index contributed by atoms with van der Waals surface area (Å²) in [4.78, 5) is 30.9. The molecular formula is C21H18FN5O2S. The minimum atomic E-state index is -0.453. The van der Waals surface area contributed by atoms with Gasteiger partial charge >= 0.3 is 0 Å². The van der Waals surface area contributed by atoms with E-state index in [1.165, 1.54) is 23.5 Å². The lowest BCUT2D eigenvalue weighted by molar-refractivity contribution is 0.0849. The van der Waals surface area contributed by atoms with E-state index in [9.17, 15) is 14.0 Å². The number of carbonyl (C=O) groups excluding carboxylic acids is 2. The molecule has 4 rings (SSSR count). The number of rotatable bonds is 3. The normalized spacial score (nSPS) is 10.9. The highest BCUT2D eigenvalue weighted by atomic mass is 32.1. The Kier molecular flexibility index (Phi) is 5.04. The van der Waals surface area contributed by atoms with E-state index in [1.54, 1.807) is 55.9 Å². The average molecular weight is 423 g/mol. The van der Waals surface area contributed by atoms with Crippen LogP contribution in [0.5, 0.6) is 0 Å². The Labute approximate surface area is 175 Å². The van der Waals surface area contributed by atoms with Crippen LogP contribution in [0.1, 0.15) is 31.4 Å². The van der Waals surface area contributed by atoms with E-state index >= 15 is 0 Å². The van der Waals surface area contributed by atoms with E-state index in [4.69, 9.17) is 0 Å². The number of nitrogens with one attached hydrogen (secondary N) is 2. The third kappa shape index (κ3) is 3.67. The number of nitrogens with zero attached hydrogens (tertiary/aromatic N) is 3. The van der Waals surface area contributed by atoms with Gasteiger partial charge in [-0.15, -0.1) is 11.3 Å². The number of aryl methyl sites for hydroxylation is 3. The van der Waals surface area contributed by atoms with E-state index < -0.39 is 11.8 Å². The number of aromatic nitrogens is 3. The molecule has 3 heterocycles. The van der Waals surface area contributed by atoms with Crippen LogP contribution < -0.4 is 10.9 Å². The molecule has 0 bridgehead atoms. The van der Waals surface area contributed by atoms with Crippen molar-refractivity contribution in [2.24, 2.45) is 7.05 Å². The standard InChI is InChI=1S/C21H18FN5O2S/c1-11-10-15(18-12(2)26-27(3)19(18)23-11)20(28)24-25-21(29)17-9-8-16(30-17)13-4-6-14(22)7-5-13/h4-10H,1-3H3,(H,24,28)(H,25,29). The predicted molar refractivity (Wildman–Crippen MR) is 113 cm³/mol. The second-order valence-electron chi connectivity index (χ2n) is 6.80. The fraction of sp³-hybridized carbons (Fsp3) is 0.143. The minimum absolute atomic E-state index is 0.319. The summed E-state index contributed by atoms with van der Waals surface area (Å²) in [6.45, 7) is 3.59. The number of thiophene rings is 1. The van der Waals surface area contributed by atoms with Crippen LogP contribution in [-0.4, -0.2) is 26.6 Å². The third-order valence-corrected chi connectivity index (χ3v) is 5.72. The summed E-state index contributed by atoms with van der Waals surface area (Å²) >= 11 is 1.25. The molecule has 0 fully saturated rings. The Bertz CT molecular complexity index is 1280. The molecule has 7 nitrogen and oxygen atoms in total. The molecule has 1 aromatic carbocycles. The quantitative estimate of drug-likeness (QED) is 0.494. The van der Waals surface area contributed by atoms with Crippen LogP contribution in [0, 0.1) is 19.7 Å². The maximum absolute atomic E-state index is 13.1. The first-order chi connectivity index (χ1) is 14.3. The number of fused-ring (bicyclic) bond motifs is 1. The van der Waals surface area contributed by atoms with Crippen molar-refractivity contribution in [2.45, 2.75) is 13.8 Å². The van der Waals surface area contributed by atoms with Crippen LogP contribution in [0.4, 0.5) is 4.39 Å². The third-order valence-electron chi connectivity index (χ3n) is 4.59. The second-order valence-corrected chi connectivity index (χ2v) is 7.88. The molecule has 3 aromatic heterocycles. The molecule has 152 valence electrons. The van der Waals surface area contributed by atoms with Crippen molar-refractivity contribution in [2.75, 3.05) is 0 Å². The van der Waals surface area contributed by atoms with Crippen molar-refractivity contribution >= 4 is 34.2 Å². The Balaban J connectivity index is 1.50. The summed E-state index contributed by atoms with van der Waals surface area (Å²) in [5.41, 5.74) is 8.06. The maximum atomic E-state index is 13.1. The monoisotopic (exact) mass is 423 g/mol. The lowest BCUT2D eigenvalue weighted by Crippen LogP contribution is -2.41. The molecule has 0 spiro atoms. The molecule has 0 aliphatic heterocycles. The number of hydrogen-bond donors (Lipinski definition) is 2. The lowest BCUT2D eigenvalue weighted by Gasteiger charge is -2.08. The Morgan fingerprint density at radius 1 is 1.03 bits per heavy atom. The highest BCUT2D eigenvalue weighted by molar-refractivity contribution is 7.17. The topological polar surface area (TPSA) is 88.9 Å². The van der Waals surface area contributed by atoms with Crippen LogP contribution in [0.2, 0.25) is 0 Å². The van der Waals surface area contributed by atoms with E-state index in [2.05, 4.69) is 20.9 Å². The van der Waals surface area contributed by atoms with Gasteiger partial charge < -0.3 is 0 Å². The van der Waals surface area contributed by atoms with Crippen molar-refractivity contribution in [3.8, 4) is 10.4 Å². The Morgan fingerprint density at radius 2 is 1.73 bits per heavy atom. The van der Waals surface area contributed by atoms with Gasteiger partial charge in [0.2, 0.25) is 0 Å². The summed E-state index contributed by atoms with van der Waals surface area (Å²) < 4.78 is 14.7. The second kappa shape index (κ2) is 7.68. The van der Waals surface area contributed by atoms with Gasteiger partial charge in [0.05, 0.1) is 21.5 Å². The molecule has 9 heteroatoms. The molecule has 0 radical (unpaired) electrons. The lowest BCUT2D eigenvalue weighted by atomic mass is 10.1. The van der Waals surface area contributed by atoms with Gasteiger partial charge in [0.15, 0.2) is 5.65 Å². The van der Waals surface area contributed by atoms with Crippen molar-refractivity contribution in [1.82, 2.24) is 25.6 Å². The van der Waals surface area contributed by atoms with Gasteiger partial charge in [-0.25, -0.2) is 9.37 Å². The predicted octanol–water partition coefficient (Wildman–Crippen LogP) is 3.53. The molecule has 4 aromatic rings. The molecule has 0 aliphatic carbocycles. The zero-order valence-electron chi connectivity index (χ0n) is 16.5. The van der Waals surface area contributed by atoms with Gasteiger partial charge in [-0.05, 0) is 49.7 Å². The molecule has 0 saturated carbocycles. The Morgan fingerprint density at radius 3 is 2.47 bits per heavy atom. The maximum Gasteiger partial charge on any atom is 0.279 e. The first-order valence-electron chi connectivity index (χ1n) is 9.11. The van der Waals surface area contributed by atoms with Gasteiger partial charge in [-0.1, -0.05) is 12.1 Å². The van der Waals surface area contributed by atoms with Gasteiger partial charge in [0.1, 0.15) is 5.82 Å². The van der Waals surface area contributed by atoms with Gasteiger partial charge in [0.25, 0.3) is 11.8 Å². The first-order valence-corrected chi connectivity index (χ1v) is 9.92. The Hall–Kier alpha value is -3.59. The smallest absolute Gasteiger partial charge is 0.267 e. The van der Waals surface area contributed by atoms with Crippen LogP contribution in [-0.2, 0) is 7.05 Å². The molecule has 2 N–H and O–H groups in total. The van der Waals surface area contributed by atoms with E-state index in [1.807, 2.05) is 0 Å². The summed E-state index contributed by atoms with van der Waals surface area (Å²) in [6, 6.07) is 11.1. The van der Waals surface area contributed by atoms with E-state index in [0.29, 0.717) is 32.9 Å². The summed E-state index contributed by atoms with van der Waals surface area (Å²) in [7, 11) is 1.76. The number of benzene rings is 1. The van der Waals surface area contributed by atoms with Crippen molar-refractivity contribution in [3.05, 3.63) is 70.1 Å². The summed E-state index contributed by atoms with van der Waals surface area (Å²) in [6.07, 6.45) is 0. The number of halogens is 1. The number of hydrogen-bond acceptors (Lipinski definition) is 5. The van der Waals surface area contributed by atoms with E-state index in [0.717, 1.165) is 10.4 Å². The van der Waals surface area contributed by atoms with Gasteiger partial charge in [-0.3, -0.25) is 25.1 Å². The number of amides is 2. The molecule has 0 unspecified atom stereocenters. The molecule has 0 aliphatic rings. The van der Waals surface area contributed by atoms with Crippen molar-refractivity contribution in [1.29, 1.82) is 0 Å². The highest BCUT2D eigenvalue weighted by Crippen LogP contribution is 2.28. The average Bonchev–Trinajstić information content (AvgIpc) is 3.31. The fourth-order valence-corrected chi connectivity index (χ4v) is 4.13. The summed E-state index contributed by atoms with van der Waals surface area (Å²) in [5, 5.41) is 4.96. The molecule has 0 atom stereocenters. The first kappa shape index (κ1) is 19.7. The zero-order chi connectivity index (χ0) is 21.4. The summed E-state index contributed by atoms with van der Waals surface area (Å²) in [5.74, 6) is -1.21. The highest BCUT2D eigenvalue weighted by Gasteiger charge is 2.19. The SMILES string of the molecule is Cc1cc(C(=O)NNC(=O)c2ccc(-c3ccc(F)cc3)s2)c2c(C)nn(C)c2n1. The molecule has 2 amide bonds. The zero-order valence-corrected chi connectivity index (χ0v) is 17.3. The van der Waals surface area contributed by atoms with Crippen LogP contribution >= 0.6 is 11.3 Å². The fourth-order valence-electron chi connectivity index (χ4n) is 3.22. The van der Waals surface area contributed by atoms with Crippen LogP contribution in [0.15, 0.2) is 42.5 Å². The molecular weight excluding hydrogens is 405 g/mol. The van der Waals surface area contributed by atoms with Gasteiger partial charge in [0, 0.05) is 17.6 Å². The number of hydrazine groups is 1. The number of carbonyl (C=O) groups is 2. The van der Waals surface area contributed by atoms with Gasteiger partial charge in [-0.2, -0.15) is 5.10 Å². The minimum Gasteiger partial charge on any atom is -0.267 e. The largest absolute Gasteiger partial charge is 0.279 e. The van der Waals surface area contributed by atoms with Crippen molar-refractivity contribution < 1.29 is 14.0 Å². The molecule has 30 heavy (non-hydrogen) atoms. The van der Waals surface area contributed by atoms with E-state index in [-0.39, 0.29) is 5.82 Å². The van der Waals surface area contributed by atoms with Crippen LogP contribution in [0.25, 0.3) is 21.5 Å². The number of pyridine rings is 1.